The highest BCUT2D eigenvalue weighted by Crippen LogP contribution is 2.59. The highest BCUT2D eigenvalue weighted by Gasteiger charge is 2.41. The molecule has 0 radical (unpaired) electrons. The molecule has 26 heavy (non-hydrogen) atoms. The fourth-order valence-corrected chi connectivity index (χ4v) is 5.14. The Kier molecular flexibility index (Phi) is 6.61. The topological polar surface area (TPSA) is 129 Å². The molecule has 0 spiro atoms. The van der Waals surface area contributed by atoms with Crippen molar-refractivity contribution in [2.45, 2.75) is 18.9 Å². The maximum absolute atomic E-state index is 11.7. The first kappa shape index (κ1) is 20.6. The van der Waals surface area contributed by atoms with Crippen molar-refractivity contribution in [3.05, 3.63) is 53.7 Å². The van der Waals surface area contributed by atoms with Gasteiger partial charge in [-0.25, -0.2) is 4.98 Å². The first-order chi connectivity index (χ1) is 12.1. The van der Waals surface area contributed by atoms with Gasteiger partial charge in [0.1, 0.15) is 11.6 Å². The second kappa shape index (κ2) is 8.33. The number of pyridine rings is 1. The molecule has 142 valence electrons. The summed E-state index contributed by atoms with van der Waals surface area (Å²) >= 11 is 0. The summed E-state index contributed by atoms with van der Waals surface area (Å²) in [5.74, 6) is 0.477. The zero-order valence-electron chi connectivity index (χ0n) is 14.4. The number of benzene rings is 1. The van der Waals surface area contributed by atoms with Gasteiger partial charge in [0.2, 0.25) is 12.9 Å². The predicted octanol–water partition coefficient (Wildman–Crippen LogP) is 2.78. The van der Waals surface area contributed by atoms with Gasteiger partial charge in [-0.3, -0.25) is 9.13 Å². The number of hydrogen-bond acceptors (Lipinski definition) is 5. The van der Waals surface area contributed by atoms with E-state index in [-0.39, 0.29) is 5.82 Å². The minimum absolute atomic E-state index is 0.0438. The SMILES string of the molecule is Cc1ccc(CCOc2ccnc(NC(P(C)(=O)O)P(=O)(O)O)c2)cc1. The van der Waals surface area contributed by atoms with Crippen molar-refractivity contribution < 1.29 is 28.5 Å². The minimum atomic E-state index is -4.85. The number of nitrogens with zero attached hydrogens (tertiary/aromatic N) is 1. The van der Waals surface area contributed by atoms with Crippen molar-refractivity contribution in [2.75, 3.05) is 18.6 Å². The zero-order chi connectivity index (χ0) is 19.4. The molecule has 1 heterocycles. The quantitative estimate of drug-likeness (QED) is 0.498. The normalized spacial score (nSPS) is 15.1. The minimum Gasteiger partial charge on any atom is -0.493 e. The number of ether oxygens (including phenoxy) is 1. The van der Waals surface area contributed by atoms with Gasteiger partial charge < -0.3 is 24.7 Å². The number of aryl methyl sites for hydroxylation is 1. The molecule has 0 amide bonds. The molecule has 1 aromatic heterocycles. The smallest absolute Gasteiger partial charge is 0.357 e. The Morgan fingerprint density at radius 3 is 2.38 bits per heavy atom. The third-order valence-corrected chi connectivity index (χ3v) is 7.55. The van der Waals surface area contributed by atoms with Gasteiger partial charge in [0.05, 0.1) is 6.61 Å². The van der Waals surface area contributed by atoms with Crippen LogP contribution in [0.2, 0.25) is 0 Å². The molecule has 0 saturated heterocycles. The van der Waals surface area contributed by atoms with E-state index in [4.69, 9.17) is 4.74 Å². The van der Waals surface area contributed by atoms with Crippen LogP contribution in [0, 0.1) is 6.92 Å². The van der Waals surface area contributed by atoms with Crippen LogP contribution in [0.5, 0.6) is 5.75 Å². The predicted molar refractivity (Wildman–Crippen MR) is 99.8 cm³/mol. The summed E-state index contributed by atoms with van der Waals surface area (Å²) < 4.78 is 28.8. The van der Waals surface area contributed by atoms with E-state index in [1.54, 1.807) is 6.07 Å². The lowest BCUT2D eigenvalue weighted by atomic mass is 10.1. The van der Waals surface area contributed by atoms with E-state index in [1.807, 2.05) is 31.2 Å². The van der Waals surface area contributed by atoms with Gasteiger partial charge in [-0.15, -0.1) is 0 Å². The van der Waals surface area contributed by atoms with E-state index in [2.05, 4.69) is 10.3 Å². The van der Waals surface area contributed by atoms with Crippen LogP contribution >= 0.6 is 15.0 Å². The molecule has 2 rings (SSSR count). The van der Waals surface area contributed by atoms with Gasteiger partial charge in [-0.05, 0) is 18.6 Å². The average molecular weight is 400 g/mol. The maximum Gasteiger partial charge on any atom is 0.357 e. The Hall–Kier alpha value is -1.69. The number of aromatic nitrogens is 1. The molecule has 1 aromatic carbocycles. The van der Waals surface area contributed by atoms with E-state index < -0.39 is 20.5 Å². The van der Waals surface area contributed by atoms with Crippen LogP contribution in [-0.4, -0.2) is 38.5 Å². The second-order valence-corrected chi connectivity index (χ2v) is 10.5. The van der Waals surface area contributed by atoms with Crippen molar-refractivity contribution in [2.24, 2.45) is 0 Å². The van der Waals surface area contributed by atoms with Gasteiger partial charge in [-0.1, -0.05) is 29.8 Å². The molecule has 0 saturated carbocycles. The van der Waals surface area contributed by atoms with Crippen LogP contribution in [0.15, 0.2) is 42.6 Å². The van der Waals surface area contributed by atoms with E-state index >= 15 is 0 Å². The highest BCUT2D eigenvalue weighted by atomic mass is 31.2. The molecule has 0 aliphatic carbocycles. The van der Waals surface area contributed by atoms with Gasteiger partial charge >= 0.3 is 7.60 Å². The number of rotatable bonds is 8. The second-order valence-electron chi connectivity index (χ2n) is 6.01. The molecule has 2 aromatic rings. The van der Waals surface area contributed by atoms with Crippen molar-refractivity contribution in [1.29, 1.82) is 0 Å². The number of hydrogen-bond donors (Lipinski definition) is 4. The summed E-state index contributed by atoms with van der Waals surface area (Å²) in [6.07, 6.45) is 2.08. The summed E-state index contributed by atoms with van der Waals surface area (Å²) in [6.45, 7) is 3.30. The molecule has 2 atom stereocenters. The van der Waals surface area contributed by atoms with E-state index in [0.717, 1.165) is 12.2 Å². The molecular weight excluding hydrogens is 378 g/mol. The standard InChI is InChI=1S/C16H22N2O6P2/c1-12-3-5-13(6-4-12)8-10-24-14-7-9-17-15(11-14)18-16(25(2,19)20)26(21,22)23/h3-7,9,11,16H,8,10H2,1-2H3,(H,17,18)(H,19,20)(H2,21,22,23). The van der Waals surface area contributed by atoms with Crippen LogP contribution in [0.4, 0.5) is 5.82 Å². The molecule has 0 aliphatic heterocycles. The Morgan fingerprint density at radius 2 is 1.81 bits per heavy atom. The molecule has 10 heteroatoms. The van der Waals surface area contributed by atoms with Gasteiger partial charge in [0, 0.05) is 25.3 Å². The first-order valence-corrected chi connectivity index (χ1v) is 11.7. The molecule has 4 N–H and O–H groups in total. The molecule has 8 nitrogen and oxygen atoms in total. The number of anilines is 1. The van der Waals surface area contributed by atoms with Crippen molar-refractivity contribution in [1.82, 2.24) is 4.98 Å². The third-order valence-electron chi connectivity index (χ3n) is 3.56. The summed E-state index contributed by atoms with van der Waals surface area (Å²) in [4.78, 5) is 32.1. The summed E-state index contributed by atoms with van der Waals surface area (Å²) in [5.41, 5.74) is 0.373. The maximum atomic E-state index is 11.7. The van der Waals surface area contributed by atoms with Gasteiger partial charge in [0.25, 0.3) is 0 Å². The van der Waals surface area contributed by atoms with Crippen LogP contribution in [0.1, 0.15) is 11.1 Å². The van der Waals surface area contributed by atoms with Crippen molar-refractivity contribution in [3.63, 3.8) is 0 Å². The summed E-state index contributed by atoms with van der Waals surface area (Å²) in [7, 11) is -8.95. The number of nitrogens with one attached hydrogen (secondary N) is 1. The van der Waals surface area contributed by atoms with Gasteiger partial charge in [-0.2, -0.15) is 0 Å². The third kappa shape index (κ3) is 6.24. The highest BCUT2D eigenvalue weighted by molar-refractivity contribution is 7.73. The fraction of sp³-hybridized carbons (Fsp3) is 0.312. The van der Waals surface area contributed by atoms with Gasteiger partial charge in [0.15, 0.2) is 0 Å². The summed E-state index contributed by atoms with van der Waals surface area (Å²) in [6, 6.07) is 11.1. The van der Waals surface area contributed by atoms with Crippen molar-refractivity contribution in [3.8, 4) is 5.75 Å². The van der Waals surface area contributed by atoms with E-state index in [9.17, 15) is 23.8 Å². The van der Waals surface area contributed by atoms with E-state index in [1.165, 1.54) is 17.8 Å². The largest absolute Gasteiger partial charge is 0.493 e. The summed E-state index contributed by atoms with van der Waals surface area (Å²) in [5, 5.41) is 2.35. The van der Waals surface area contributed by atoms with Crippen LogP contribution in [-0.2, 0) is 15.6 Å². The van der Waals surface area contributed by atoms with Crippen molar-refractivity contribution >= 4 is 20.8 Å². The van der Waals surface area contributed by atoms with Crippen LogP contribution in [0.25, 0.3) is 0 Å². The monoisotopic (exact) mass is 400 g/mol. The zero-order valence-corrected chi connectivity index (χ0v) is 16.2. The molecule has 2 unspecified atom stereocenters. The molecule has 0 fully saturated rings. The molecule has 0 aliphatic rings. The lowest BCUT2D eigenvalue weighted by Gasteiger charge is -2.22. The average Bonchev–Trinajstić information content (AvgIpc) is 2.53. The lowest BCUT2D eigenvalue weighted by Crippen LogP contribution is -2.20. The fourth-order valence-electron chi connectivity index (χ4n) is 2.24. The van der Waals surface area contributed by atoms with Crippen LogP contribution in [0.3, 0.4) is 0 Å². The Bertz CT molecular complexity index is 809. The Labute approximate surface area is 151 Å². The lowest BCUT2D eigenvalue weighted by molar-refractivity contribution is 0.321. The Balaban J connectivity index is 2.01. The van der Waals surface area contributed by atoms with Crippen LogP contribution < -0.4 is 10.1 Å². The van der Waals surface area contributed by atoms with E-state index in [0.29, 0.717) is 18.8 Å². The molecule has 0 bridgehead atoms. The first-order valence-electron chi connectivity index (χ1n) is 7.82. The Morgan fingerprint density at radius 1 is 1.15 bits per heavy atom. The molecular formula is C16H22N2O6P2.